The maximum atomic E-state index is 13.5. The van der Waals surface area contributed by atoms with Crippen LogP contribution in [-0.4, -0.2) is 5.91 Å². The van der Waals surface area contributed by atoms with E-state index < -0.39 is 17.5 Å². The Labute approximate surface area is 136 Å². The predicted octanol–water partition coefficient (Wildman–Crippen LogP) is 4.08. The first-order chi connectivity index (χ1) is 11.0. The molecule has 2 aromatic carbocycles. The minimum Gasteiger partial charge on any atom is -0.358 e. The van der Waals surface area contributed by atoms with Gasteiger partial charge in [0.05, 0.1) is 5.69 Å². The summed E-state index contributed by atoms with van der Waals surface area (Å²) in [6, 6.07) is 10.9. The van der Waals surface area contributed by atoms with E-state index in [1.807, 2.05) is 0 Å². The number of anilines is 2. The van der Waals surface area contributed by atoms with E-state index in [4.69, 9.17) is 16.9 Å². The van der Waals surface area contributed by atoms with Crippen LogP contribution in [-0.2, 0) is 4.79 Å². The Morgan fingerprint density at radius 2 is 2.00 bits per heavy atom. The van der Waals surface area contributed by atoms with Crippen LogP contribution in [0, 0.1) is 23.0 Å². The summed E-state index contributed by atoms with van der Waals surface area (Å²) < 4.78 is 26.5. The van der Waals surface area contributed by atoms with Crippen LogP contribution in [0.1, 0.15) is 0 Å². The molecule has 0 spiro atoms. The minimum atomic E-state index is -0.713. The number of halogens is 3. The van der Waals surface area contributed by atoms with Crippen molar-refractivity contribution in [3.05, 3.63) is 70.9 Å². The second-order valence-electron chi connectivity index (χ2n) is 4.40. The molecule has 0 heterocycles. The number of rotatable bonds is 4. The number of carbonyl (C=O) groups excluding carboxylic acids is 1. The number of carbonyl (C=O) groups is 1. The molecule has 0 aliphatic rings. The third-order valence-electron chi connectivity index (χ3n) is 2.75. The van der Waals surface area contributed by atoms with E-state index in [1.165, 1.54) is 6.07 Å². The maximum Gasteiger partial charge on any atom is 0.267 e. The van der Waals surface area contributed by atoms with E-state index >= 15 is 0 Å². The lowest BCUT2D eigenvalue weighted by Crippen LogP contribution is -2.14. The highest BCUT2D eigenvalue weighted by Crippen LogP contribution is 2.17. The summed E-state index contributed by atoms with van der Waals surface area (Å²) in [6.45, 7) is 0. The molecule has 0 saturated heterocycles. The Morgan fingerprint density at radius 1 is 1.22 bits per heavy atom. The number of amides is 1. The third kappa shape index (κ3) is 4.53. The molecular weight excluding hydrogens is 324 g/mol. The van der Waals surface area contributed by atoms with E-state index in [0.29, 0.717) is 10.7 Å². The summed E-state index contributed by atoms with van der Waals surface area (Å²) in [7, 11) is 0. The molecule has 0 saturated carbocycles. The number of benzene rings is 2. The molecule has 2 N–H and O–H groups in total. The molecule has 0 aliphatic carbocycles. The Hall–Kier alpha value is -2.91. The Kier molecular flexibility index (Phi) is 5.28. The van der Waals surface area contributed by atoms with Crippen LogP contribution >= 0.6 is 11.6 Å². The molecule has 0 radical (unpaired) electrons. The van der Waals surface area contributed by atoms with Gasteiger partial charge in [0.25, 0.3) is 5.91 Å². The molecule has 7 heteroatoms. The second-order valence-corrected chi connectivity index (χ2v) is 4.84. The molecule has 2 rings (SSSR count). The quantitative estimate of drug-likeness (QED) is 0.654. The Balaban J connectivity index is 2.14. The molecular formula is C16H10ClF2N3O. The lowest BCUT2D eigenvalue weighted by atomic mass is 10.2. The zero-order chi connectivity index (χ0) is 16.8. The van der Waals surface area contributed by atoms with Crippen LogP contribution in [0.15, 0.2) is 54.2 Å². The van der Waals surface area contributed by atoms with Crippen molar-refractivity contribution in [3.63, 3.8) is 0 Å². The molecule has 116 valence electrons. The first-order valence-corrected chi connectivity index (χ1v) is 6.76. The fourth-order valence-corrected chi connectivity index (χ4v) is 1.86. The first kappa shape index (κ1) is 16.5. The van der Waals surface area contributed by atoms with Crippen LogP contribution in [0.5, 0.6) is 0 Å². The molecule has 0 fully saturated rings. The molecule has 0 aliphatic heterocycles. The van der Waals surface area contributed by atoms with Crippen molar-refractivity contribution in [3.8, 4) is 6.07 Å². The Morgan fingerprint density at radius 3 is 2.70 bits per heavy atom. The topological polar surface area (TPSA) is 64.9 Å². The van der Waals surface area contributed by atoms with E-state index in [-0.39, 0.29) is 11.3 Å². The van der Waals surface area contributed by atoms with Gasteiger partial charge in [0.1, 0.15) is 23.3 Å². The van der Waals surface area contributed by atoms with Crippen LogP contribution in [0.3, 0.4) is 0 Å². The highest BCUT2D eigenvalue weighted by molar-refractivity contribution is 6.31. The molecule has 23 heavy (non-hydrogen) atoms. The van der Waals surface area contributed by atoms with Gasteiger partial charge in [-0.25, -0.2) is 8.78 Å². The number of nitriles is 1. The number of nitrogens with zero attached hydrogens (tertiary/aromatic N) is 1. The van der Waals surface area contributed by atoms with Crippen LogP contribution in [0.4, 0.5) is 20.2 Å². The van der Waals surface area contributed by atoms with E-state index in [0.717, 1.165) is 24.4 Å². The molecule has 0 aromatic heterocycles. The molecule has 2 aromatic rings. The molecule has 1 amide bonds. The van der Waals surface area contributed by atoms with Crippen molar-refractivity contribution in [2.75, 3.05) is 10.6 Å². The highest BCUT2D eigenvalue weighted by Gasteiger charge is 2.10. The monoisotopic (exact) mass is 333 g/mol. The van der Waals surface area contributed by atoms with Gasteiger partial charge >= 0.3 is 0 Å². The lowest BCUT2D eigenvalue weighted by molar-refractivity contribution is -0.112. The minimum absolute atomic E-state index is 0.187. The maximum absolute atomic E-state index is 13.5. The smallest absolute Gasteiger partial charge is 0.267 e. The van der Waals surface area contributed by atoms with Crippen LogP contribution in [0.2, 0.25) is 5.02 Å². The van der Waals surface area contributed by atoms with Gasteiger partial charge in [-0.05, 0) is 30.3 Å². The zero-order valence-electron chi connectivity index (χ0n) is 11.6. The van der Waals surface area contributed by atoms with Gasteiger partial charge in [-0.1, -0.05) is 17.7 Å². The van der Waals surface area contributed by atoms with Crippen LogP contribution < -0.4 is 10.6 Å². The fourth-order valence-electron chi connectivity index (χ4n) is 1.67. The summed E-state index contributed by atoms with van der Waals surface area (Å²) in [5, 5.41) is 14.3. The summed E-state index contributed by atoms with van der Waals surface area (Å²) in [5.74, 6) is -2.07. The van der Waals surface area contributed by atoms with Gasteiger partial charge in [-0.3, -0.25) is 4.79 Å². The van der Waals surface area contributed by atoms with E-state index in [1.54, 1.807) is 24.3 Å². The molecule has 0 bridgehead atoms. The van der Waals surface area contributed by atoms with Gasteiger partial charge in [-0.15, -0.1) is 0 Å². The molecule has 4 nitrogen and oxygen atoms in total. The Bertz CT molecular complexity index is 815. The number of hydrogen-bond donors (Lipinski definition) is 2. The normalized spacial score (nSPS) is 10.8. The van der Waals surface area contributed by atoms with Crippen molar-refractivity contribution < 1.29 is 13.6 Å². The second kappa shape index (κ2) is 7.38. The molecule has 0 unspecified atom stereocenters. The van der Waals surface area contributed by atoms with E-state index in [2.05, 4.69) is 10.6 Å². The van der Waals surface area contributed by atoms with Crippen molar-refractivity contribution in [1.82, 2.24) is 0 Å². The summed E-state index contributed by atoms with van der Waals surface area (Å²) in [5.41, 5.74) is -0.0949. The SMILES string of the molecule is N#C/C(=C/Nc1cc(F)ccc1F)C(=O)Nc1cccc(Cl)c1. The van der Waals surface area contributed by atoms with Gasteiger partial charge < -0.3 is 10.6 Å². The lowest BCUT2D eigenvalue weighted by Gasteiger charge is -2.06. The number of hydrogen-bond acceptors (Lipinski definition) is 3. The number of nitrogens with one attached hydrogen (secondary N) is 2. The van der Waals surface area contributed by atoms with E-state index in [9.17, 15) is 13.6 Å². The average molecular weight is 334 g/mol. The zero-order valence-corrected chi connectivity index (χ0v) is 12.4. The van der Waals surface area contributed by atoms with Crippen molar-refractivity contribution >= 4 is 28.9 Å². The first-order valence-electron chi connectivity index (χ1n) is 6.38. The average Bonchev–Trinajstić information content (AvgIpc) is 2.51. The third-order valence-corrected chi connectivity index (χ3v) is 2.98. The van der Waals surface area contributed by atoms with Crippen molar-refractivity contribution in [2.24, 2.45) is 0 Å². The van der Waals surface area contributed by atoms with Gasteiger partial charge in [0.2, 0.25) is 0 Å². The standard InChI is InChI=1S/C16H10ClF2N3O/c17-11-2-1-3-13(6-11)22-16(23)10(8-20)9-21-15-7-12(18)4-5-14(15)19/h1-7,9,21H,(H,22,23)/b10-9-. The largest absolute Gasteiger partial charge is 0.358 e. The highest BCUT2D eigenvalue weighted by atomic mass is 35.5. The summed E-state index contributed by atoms with van der Waals surface area (Å²) in [4.78, 5) is 12.0. The fraction of sp³-hybridized carbons (Fsp3) is 0. The summed E-state index contributed by atoms with van der Waals surface area (Å²) in [6.07, 6.45) is 0.998. The summed E-state index contributed by atoms with van der Waals surface area (Å²) >= 11 is 5.79. The van der Waals surface area contributed by atoms with Crippen molar-refractivity contribution in [1.29, 1.82) is 5.26 Å². The van der Waals surface area contributed by atoms with Gasteiger partial charge in [0.15, 0.2) is 0 Å². The van der Waals surface area contributed by atoms with Gasteiger partial charge in [0, 0.05) is 23.0 Å². The van der Waals surface area contributed by atoms with Crippen LogP contribution in [0.25, 0.3) is 0 Å². The molecule has 0 atom stereocenters. The van der Waals surface area contributed by atoms with Crippen molar-refractivity contribution in [2.45, 2.75) is 0 Å². The van der Waals surface area contributed by atoms with Gasteiger partial charge in [-0.2, -0.15) is 5.26 Å². The predicted molar refractivity (Wildman–Crippen MR) is 83.8 cm³/mol.